The lowest BCUT2D eigenvalue weighted by Gasteiger charge is -2.18. The van der Waals surface area contributed by atoms with Crippen LogP contribution in [0, 0.1) is 20.8 Å². The zero-order valence-corrected chi connectivity index (χ0v) is 25.1. The van der Waals surface area contributed by atoms with Crippen LogP contribution in [0.15, 0.2) is 91.0 Å². The molecule has 4 rings (SSSR count). The van der Waals surface area contributed by atoms with Crippen LogP contribution in [0.2, 0.25) is 0 Å². The van der Waals surface area contributed by atoms with E-state index in [0.717, 1.165) is 33.4 Å². The summed E-state index contributed by atoms with van der Waals surface area (Å²) in [5.41, 5.74) is 6.97. The summed E-state index contributed by atoms with van der Waals surface area (Å²) in [5, 5.41) is 9.02. The van der Waals surface area contributed by atoms with E-state index in [0.29, 0.717) is 0 Å². The summed E-state index contributed by atoms with van der Waals surface area (Å²) in [6, 6.07) is 27.6. The molecule has 0 radical (unpaired) electrons. The summed E-state index contributed by atoms with van der Waals surface area (Å²) in [7, 11) is 0. The summed E-state index contributed by atoms with van der Waals surface area (Å²) < 4.78 is 0. The highest BCUT2D eigenvalue weighted by Crippen LogP contribution is 2.20. The first-order chi connectivity index (χ1) is 20.0. The van der Waals surface area contributed by atoms with Crippen LogP contribution in [0.3, 0.4) is 0 Å². The van der Waals surface area contributed by atoms with Crippen molar-refractivity contribution in [3.8, 4) is 0 Å². The maximum atomic E-state index is 13.4. The quantitative estimate of drug-likeness (QED) is 0.204. The molecule has 3 atom stereocenters. The van der Waals surface area contributed by atoms with Crippen molar-refractivity contribution in [3.05, 3.63) is 141 Å². The maximum Gasteiger partial charge on any atom is 0.251 e. The van der Waals surface area contributed by atoms with Crippen molar-refractivity contribution in [2.24, 2.45) is 0 Å². The van der Waals surface area contributed by atoms with E-state index in [-0.39, 0.29) is 52.5 Å². The van der Waals surface area contributed by atoms with Crippen LogP contribution in [0.25, 0.3) is 0 Å². The van der Waals surface area contributed by atoms with Crippen molar-refractivity contribution in [3.63, 3.8) is 0 Å². The van der Waals surface area contributed by atoms with E-state index in [2.05, 4.69) is 16.0 Å². The third-order valence-electron chi connectivity index (χ3n) is 7.49. The predicted molar refractivity (Wildman–Crippen MR) is 168 cm³/mol. The van der Waals surface area contributed by atoms with Crippen LogP contribution in [0.5, 0.6) is 0 Å². The summed E-state index contributed by atoms with van der Waals surface area (Å²) in [4.78, 5) is 40.3. The van der Waals surface area contributed by atoms with E-state index < -0.39 is 0 Å². The van der Waals surface area contributed by atoms with Gasteiger partial charge in [-0.25, -0.2) is 0 Å². The fraction of sp³-hybridized carbons (Fsp3) is 0.250. The lowest BCUT2D eigenvalue weighted by atomic mass is 10.0. The Morgan fingerprint density at radius 2 is 0.643 bits per heavy atom. The van der Waals surface area contributed by atoms with Crippen LogP contribution in [-0.2, 0) is 0 Å². The average Bonchev–Trinajstić information content (AvgIpc) is 2.97. The first-order valence-corrected chi connectivity index (χ1v) is 14.3. The molecule has 0 fully saturated rings. The Balaban J connectivity index is 1.60. The van der Waals surface area contributed by atoms with E-state index in [1.54, 1.807) is 0 Å². The maximum absolute atomic E-state index is 13.4. The molecule has 4 aromatic rings. The highest BCUT2D eigenvalue weighted by atomic mass is 16.2. The fourth-order valence-electron chi connectivity index (χ4n) is 4.68. The smallest absolute Gasteiger partial charge is 0.251 e. The highest BCUT2D eigenvalue weighted by Gasteiger charge is 2.20. The Labute approximate surface area is 248 Å². The van der Waals surface area contributed by atoms with Crippen LogP contribution < -0.4 is 16.0 Å². The number of carbonyl (C=O) groups excluding carboxylic acids is 3. The minimum atomic E-state index is -0.370. The van der Waals surface area contributed by atoms with Gasteiger partial charge in [0.25, 0.3) is 17.7 Å². The molecule has 6 heteroatoms. The fourth-order valence-corrected chi connectivity index (χ4v) is 4.68. The second-order valence-corrected chi connectivity index (χ2v) is 11.1. The van der Waals surface area contributed by atoms with E-state index in [1.165, 1.54) is 18.2 Å². The van der Waals surface area contributed by atoms with Crippen LogP contribution in [0.4, 0.5) is 0 Å². The van der Waals surface area contributed by atoms with Crippen molar-refractivity contribution in [2.45, 2.75) is 59.7 Å². The third kappa shape index (κ3) is 7.72. The predicted octanol–water partition coefficient (Wildman–Crippen LogP) is 7.08. The summed E-state index contributed by atoms with van der Waals surface area (Å²) in [5.74, 6) is -1.11. The van der Waals surface area contributed by atoms with Crippen molar-refractivity contribution in [1.29, 1.82) is 0 Å². The van der Waals surface area contributed by atoms with Gasteiger partial charge >= 0.3 is 0 Å². The topological polar surface area (TPSA) is 87.3 Å². The van der Waals surface area contributed by atoms with Gasteiger partial charge in [-0.3, -0.25) is 14.4 Å². The Morgan fingerprint density at radius 3 is 0.857 bits per heavy atom. The Hall–Kier alpha value is -4.71. The number of hydrogen-bond donors (Lipinski definition) is 3. The van der Waals surface area contributed by atoms with Gasteiger partial charge in [0, 0.05) is 16.7 Å². The van der Waals surface area contributed by atoms with E-state index in [1.807, 2.05) is 114 Å². The van der Waals surface area contributed by atoms with Gasteiger partial charge < -0.3 is 16.0 Å². The molecule has 0 aliphatic heterocycles. The lowest BCUT2D eigenvalue weighted by Crippen LogP contribution is -2.31. The van der Waals surface area contributed by atoms with Crippen molar-refractivity contribution in [1.82, 2.24) is 16.0 Å². The first-order valence-electron chi connectivity index (χ1n) is 14.3. The normalized spacial score (nSPS) is 13.0. The molecule has 0 unspecified atom stereocenters. The number of amides is 3. The summed E-state index contributed by atoms with van der Waals surface area (Å²) in [6.07, 6.45) is 0. The SMILES string of the molecule is Cc1ccc([C@H](C)NC(=O)c2cc(C(=O)N[C@H](C)c3ccc(C)cc3)cc(C(=O)N[C@H](C)c3ccc(C)cc3)c2)cc1. The van der Waals surface area contributed by atoms with E-state index >= 15 is 0 Å². The zero-order valence-electron chi connectivity index (χ0n) is 25.1. The van der Waals surface area contributed by atoms with Crippen molar-refractivity contribution in [2.75, 3.05) is 0 Å². The molecule has 6 nitrogen and oxygen atoms in total. The molecule has 3 amide bonds. The second-order valence-electron chi connectivity index (χ2n) is 11.1. The molecule has 0 aromatic heterocycles. The molecule has 3 N–H and O–H groups in total. The summed E-state index contributed by atoms with van der Waals surface area (Å²) >= 11 is 0. The minimum absolute atomic E-state index is 0.234. The van der Waals surface area contributed by atoms with Gasteiger partial charge in [-0.1, -0.05) is 89.5 Å². The molecule has 0 saturated heterocycles. The number of rotatable bonds is 9. The molecule has 0 aliphatic carbocycles. The zero-order chi connectivity index (χ0) is 30.4. The molecule has 0 saturated carbocycles. The van der Waals surface area contributed by atoms with Crippen LogP contribution in [0.1, 0.15) is 103 Å². The molecule has 0 aliphatic rings. The molecule has 0 bridgehead atoms. The van der Waals surface area contributed by atoms with Crippen molar-refractivity contribution >= 4 is 17.7 Å². The number of nitrogens with one attached hydrogen (secondary N) is 3. The van der Waals surface area contributed by atoms with E-state index in [9.17, 15) is 14.4 Å². The number of carbonyl (C=O) groups is 3. The molecule has 216 valence electrons. The highest BCUT2D eigenvalue weighted by molar-refractivity contribution is 6.04. The van der Waals surface area contributed by atoms with Gasteiger partial charge in [-0.15, -0.1) is 0 Å². The van der Waals surface area contributed by atoms with E-state index in [4.69, 9.17) is 0 Å². The van der Waals surface area contributed by atoms with Crippen molar-refractivity contribution < 1.29 is 14.4 Å². The van der Waals surface area contributed by atoms with Gasteiger partial charge in [0.05, 0.1) is 18.1 Å². The number of aryl methyl sites for hydroxylation is 3. The minimum Gasteiger partial charge on any atom is -0.346 e. The van der Waals surface area contributed by atoms with Gasteiger partial charge in [-0.05, 0) is 76.4 Å². The lowest BCUT2D eigenvalue weighted by molar-refractivity contribution is 0.0939. The molecule has 42 heavy (non-hydrogen) atoms. The Kier molecular flexibility index (Phi) is 9.58. The average molecular weight is 562 g/mol. The van der Waals surface area contributed by atoms with Gasteiger partial charge in [0.15, 0.2) is 0 Å². The molecule has 4 aromatic carbocycles. The first kappa shape index (κ1) is 30.3. The van der Waals surface area contributed by atoms with Gasteiger partial charge in [-0.2, -0.15) is 0 Å². The van der Waals surface area contributed by atoms with Crippen LogP contribution in [-0.4, -0.2) is 17.7 Å². The summed E-state index contributed by atoms with van der Waals surface area (Å²) in [6.45, 7) is 11.7. The monoisotopic (exact) mass is 561 g/mol. The number of hydrogen-bond acceptors (Lipinski definition) is 3. The Morgan fingerprint density at radius 1 is 0.429 bits per heavy atom. The van der Waals surface area contributed by atoms with Crippen LogP contribution >= 0.6 is 0 Å². The molecule has 0 spiro atoms. The molecular weight excluding hydrogens is 522 g/mol. The third-order valence-corrected chi connectivity index (χ3v) is 7.49. The Bertz CT molecular complexity index is 1360. The standard InChI is InChI=1S/C36H39N3O3/c1-22-7-13-28(14-8-22)25(4)37-34(40)31-19-32(35(41)38-26(5)29-15-9-23(2)10-16-29)21-33(20-31)36(42)39-27(6)30-17-11-24(3)12-18-30/h7-21,25-27H,1-6H3,(H,37,40)(H,38,41)(H,39,42)/t25-,26-,27+/m1/s1. The molecular formula is C36H39N3O3. The second kappa shape index (κ2) is 13.3. The van der Waals surface area contributed by atoms with Gasteiger partial charge in [0.1, 0.15) is 0 Å². The van der Waals surface area contributed by atoms with Gasteiger partial charge in [0.2, 0.25) is 0 Å². The largest absolute Gasteiger partial charge is 0.346 e. The molecule has 0 heterocycles. The number of benzene rings is 4.